The average Bonchev–Trinajstić information content (AvgIpc) is 2.65. The molecule has 0 aliphatic heterocycles. The highest BCUT2D eigenvalue weighted by Crippen LogP contribution is 2.35. The monoisotopic (exact) mass is 237 g/mol. The second kappa shape index (κ2) is 5.58. The van der Waals surface area contributed by atoms with E-state index in [-0.39, 0.29) is 0 Å². The van der Waals surface area contributed by atoms with Gasteiger partial charge in [0.15, 0.2) is 5.82 Å². The molecule has 0 radical (unpaired) electrons. The molecule has 0 bridgehead atoms. The summed E-state index contributed by atoms with van der Waals surface area (Å²) in [7, 11) is 1.82. The van der Waals surface area contributed by atoms with E-state index in [1.165, 1.54) is 12.8 Å². The lowest BCUT2D eigenvalue weighted by molar-refractivity contribution is 0.167. The third-order valence-corrected chi connectivity index (χ3v) is 3.53. The molecule has 2 atom stereocenters. The molecule has 1 aromatic heterocycles. The number of hydrogen-bond acceptors (Lipinski definition) is 4. The summed E-state index contributed by atoms with van der Waals surface area (Å²) in [5, 5.41) is 15.7. The van der Waals surface area contributed by atoms with Crippen LogP contribution in [-0.4, -0.2) is 33.3 Å². The number of hydrogen-bond donors (Lipinski definition) is 1. The van der Waals surface area contributed by atoms with Gasteiger partial charge in [-0.25, -0.2) is 0 Å². The van der Waals surface area contributed by atoms with Crippen molar-refractivity contribution in [1.29, 1.82) is 0 Å². The summed E-state index contributed by atoms with van der Waals surface area (Å²) in [6, 6.07) is 0. The third kappa shape index (κ3) is 3.49. The minimum atomic E-state index is 0.732. The van der Waals surface area contributed by atoms with Crippen LogP contribution in [0, 0.1) is 17.8 Å². The molecule has 5 heteroatoms. The smallest absolute Gasteiger partial charge is 0.175 e. The molecule has 0 spiro atoms. The molecule has 1 saturated carbocycles. The number of nitrogens with one attached hydrogen (secondary N) is 1. The third-order valence-electron chi connectivity index (χ3n) is 3.53. The molecule has 0 saturated heterocycles. The molecule has 1 N–H and O–H groups in total. The van der Waals surface area contributed by atoms with Gasteiger partial charge in [0, 0.05) is 6.42 Å². The lowest BCUT2D eigenvalue weighted by atomic mass is 9.71. The SMILES string of the molecule is CC(C)CNCC1CCC1Cc1nnn(C)n1. The molecule has 2 rings (SSSR count). The van der Waals surface area contributed by atoms with Gasteiger partial charge in [0.2, 0.25) is 0 Å². The minimum Gasteiger partial charge on any atom is -0.316 e. The Labute approximate surface area is 103 Å². The van der Waals surface area contributed by atoms with Crippen LogP contribution in [0.2, 0.25) is 0 Å². The maximum Gasteiger partial charge on any atom is 0.175 e. The second-order valence-corrected chi connectivity index (χ2v) is 5.55. The Bertz CT molecular complexity index is 346. The summed E-state index contributed by atoms with van der Waals surface area (Å²) in [6.45, 7) is 6.75. The van der Waals surface area contributed by atoms with Crippen LogP contribution in [0.3, 0.4) is 0 Å². The van der Waals surface area contributed by atoms with Crippen molar-refractivity contribution in [3.8, 4) is 0 Å². The first kappa shape index (κ1) is 12.5. The van der Waals surface area contributed by atoms with Crippen LogP contribution in [-0.2, 0) is 13.5 Å². The van der Waals surface area contributed by atoms with Crippen molar-refractivity contribution < 1.29 is 0 Å². The predicted molar refractivity (Wildman–Crippen MR) is 66.4 cm³/mol. The predicted octanol–water partition coefficient (Wildman–Crippen LogP) is 1.02. The zero-order chi connectivity index (χ0) is 12.3. The lowest BCUT2D eigenvalue weighted by Crippen LogP contribution is -2.37. The Balaban J connectivity index is 1.71. The normalized spacial score (nSPS) is 24.0. The van der Waals surface area contributed by atoms with Crippen molar-refractivity contribution in [3.05, 3.63) is 5.82 Å². The molecule has 17 heavy (non-hydrogen) atoms. The van der Waals surface area contributed by atoms with Gasteiger partial charge in [0.25, 0.3) is 0 Å². The Morgan fingerprint density at radius 1 is 1.35 bits per heavy atom. The Hall–Kier alpha value is -0.970. The van der Waals surface area contributed by atoms with Crippen LogP contribution in [0.5, 0.6) is 0 Å². The van der Waals surface area contributed by atoms with Crippen LogP contribution < -0.4 is 5.32 Å². The molecule has 1 aliphatic carbocycles. The van der Waals surface area contributed by atoms with Crippen molar-refractivity contribution in [1.82, 2.24) is 25.5 Å². The lowest BCUT2D eigenvalue weighted by Gasteiger charge is -2.36. The summed E-state index contributed by atoms with van der Waals surface area (Å²) in [6.07, 6.45) is 3.64. The van der Waals surface area contributed by atoms with E-state index in [1.54, 1.807) is 4.80 Å². The van der Waals surface area contributed by atoms with E-state index >= 15 is 0 Å². The van der Waals surface area contributed by atoms with Crippen molar-refractivity contribution >= 4 is 0 Å². The van der Waals surface area contributed by atoms with Gasteiger partial charge < -0.3 is 5.32 Å². The van der Waals surface area contributed by atoms with Crippen molar-refractivity contribution in [2.75, 3.05) is 13.1 Å². The van der Waals surface area contributed by atoms with E-state index in [0.29, 0.717) is 0 Å². The Kier molecular flexibility index (Phi) is 4.10. The van der Waals surface area contributed by atoms with Crippen LogP contribution in [0.25, 0.3) is 0 Å². The maximum absolute atomic E-state index is 4.25. The van der Waals surface area contributed by atoms with Crippen molar-refractivity contribution in [2.24, 2.45) is 24.8 Å². The first-order valence-corrected chi connectivity index (χ1v) is 6.58. The molecule has 0 amide bonds. The Morgan fingerprint density at radius 3 is 2.65 bits per heavy atom. The highest BCUT2D eigenvalue weighted by Gasteiger charge is 2.31. The number of tetrazole rings is 1. The van der Waals surface area contributed by atoms with Crippen LogP contribution >= 0.6 is 0 Å². The number of rotatable bonds is 6. The first-order valence-electron chi connectivity index (χ1n) is 6.58. The number of aryl methyl sites for hydroxylation is 1. The fourth-order valence-electron chi connectivity index (χ4n) is 2.37. The molecule has 1 heterocycles. The largest absolute Gasteiger partial charge is 0.316 e. The molecular formula is C12H23N5. The van der Waals surface area contributed by atoms with E-state index in [2.05, 4.69) is 34.6 Å². The summed E-state index contributed by atoms with van der Waals surface area (Å²) in [5.41, 5.74) is 0. The number of aromatic nitrogens is 4. The summed E-state index contributed by atoms with van der Waals surface area (Å²) >= 11 is 0. The summed E-state index contributed by atoms with van der Waals surface area (Å²) < 4.78 is 0. The fourth-order valence-corrected chi connectivity index (χ4v) is 2.37. The molecule has 1 aromatic rings. The van der Waals surface area contributed by atoms with Crippen molar-refractivity contribution in [2.45, 2.75) is 33.1 Å². The Morgan fingerprint density at radius 2 is 2.12 bits per heavy atom. The molecule has 1 aliphatic rings. The van der Waals surface area contributed by atoms with Crippen LogP contribution in [0.1, 0.15) is 32.5 Å². The molecule has 96 valence electrons. The molecule has 0 aromatic carbocycles. The second-order valence-electron chi connectivity index (χ2n) is 5.55. The first-order chi connectivity index (χ1) is 8.15. The standard InChI is InChI=1S/C12H23N5/c1-9(2)7-13-8-11-5-4-10(11)6-12-14-16-17(3)15-12/h9-11,13H,4-8H2,1-3H3. The molecule has 2 unspecified atom stereocenters. The number of nitrogens with zero attached hydrogens (tertiary/aromatic N) is 4. The topological polar surface area (TPSA) is 55.6 Å². The fraction of sp³-hybridized carbons (Fsp3) is 0.917. The maximum atomic E-state index is 4.25. The van der Waals surface area contributed by atoms with Gasteiger partial charge in [0.1, 0.15) is 0 Å². The van der Waals surface area contributed by atoms with Crippen molar-refractivity contribution in [3.63, 3.8) is 0 Å². The van der Waals surface area contributed by atoms with Crippen LogP contribution in [0.15, 0.2) is 0 Å². The quantitative estimate of drug-likeness (QED) is 0.802. The van der Waals surface area contributed by atoms with Gasteiger partial charge >= 0.3 is 0 Å². The summed E-state index contributed by atoms with van der Waals surface area (Å²) in [5.74, 6) is 3.18. The van der Waals surface area contributed by atoms with Gasteiger partial charge in [0.05, 0.1) is 7.05 Å². The summed E-state index contributed by atoms with van der Waals surface area (Å²) in [4.78, 5) is 1.54. The molecule has 1 fully saturated rings. The minimum absolute atomic E-state index is 0.732. The van der Waals surface area contributed by atoms with E-state index in [0.717, 1.165) is 43.1 Å². The van der Waals surface area contributed by atoms with E-state index in [4.69, 9.17) is 0 Å². The highest BCUT2D eigenvalue weighted by molar-refractivity contribution is 4.90. The van der Waals surface area contributed by atoms with Gasteiger partial charge in [-0.1, -0.05) is 13.8 Å². The van der Waals surface area contributed by atoms with E-state index in [9.17, 15) is 0 Å². The van der Waals surface area contributed by atoms with E-state index in [1.807, 2.05) is 7.05 Å². The van der Waals surface area contributed by atoms with Gasteiger partial charge in [-0.2, -0.15) is 4.80 Å². The molecule has 5 nitrogen and oxygen atoms in total. The van der Waals surface area contributed by atoms with Crippen LogP contribution in [0.4, 0.5) is 0 Å². The van der Waals surface area contributed by atoms with Gasteiger partial charge in [-0.05, 0) is 48.9 Å². The van der Waals surface area contributed by atoms with E-state index < -0.39 is 0 Å². The molecular weight excluding hydrogens is 214 g/mol. The zero-order valence-electron chi connectivity index (χ0n) is 11.1. The average molecular weight is 237 g/mol. The van der Waals surface area contributed by atoms with Gasteiger partial charge in [-0.15, -0.1) is 10.2 Å². The highest BCUT2D eigenvalue weighted by atomic mass is 15.6. The van der Waals surface area contributed by atoms with Gasteiger partial charge in [-0.3, -0.25) is 0 Å². The zero-order valence-corrected chi connectivity index (χ0v) is 11.1.